The highest BCUT2D eigenvalue weighted by Crippen LogP contribution is 2.47. The highest BCUT2D eigenvalue weighted by molar-refractivity contribution is 6.35. The summed E-state index contributed by atoms with van der Waals surface area (Å²) in [5, 5.41) is 130. The van der Waals surface area contributed by atoms with Crippen molar-refractivity contribution in [3.63, 3.8) is 0 Å². The molecule has 15 aromatic rings. The number of benzene rings is 15. The van der Waals surface area contributed by atoms with Gasteiger partial charge in [0.15, 0.2) is 11.5 Å². The van der Waals surface area contributed by atoms with Crippen LogP contribution in [0.5, 0.6) is 138 Å². The van der Waals surface area contributed by atoms with E-state index in [-0.39, 0.29) is 147 Å². The second-order valence-electron chi connectivity index (χ2n) is 32.9. The molecule has 148 heavy (non-hydrogen) atoms. The van der Waals surface area contributed by atoms with Crippen LogP contribution in [0.25, 0.3) is 0 Å². The minimum absolute atomic E-state index is 0.00340. The first-order valence-corrected chi connectivity index (χ1v) is 47.2. The van der Waals surface area contributed by atoms with Gasteiger partial charge in [0, 0.05) is 48.5 Å². The number of esters is 5. The van der Waals surface area contributed by atoms with Crippen molar-refractivity contribution in [2.24, 2.45) is 0 Å². The summed E-state index contributed by atoms with van der Waals surface area (Å²) in [6.07, 6.45) is 3.14. The maximum Gasteiger partial charge on any atom is 0.341 e. The molecular formula is C114H103Cl5O29. The Morgan fingerprint density at radius 3 is 0.736 bits per heavy atom. The highest BCUT2D eigenvalue weighted by Gasteiger charge is 2.31. The minimum Gasteiger partial charge on any atom is -0.508 e. The molecule has 0 aliphatic rings. The molecule has 0 amide bonds. The van der Waals surface area contributed by atoms with E-state index in [0.717, 1.165) is 80.6 Å². The summed E-state index contributed by atoms with van der Waals surface area (Å²) in [4.78, 5) is 60.6. The van der Waals surface area contributed by atoms with Gasteiger partial charge in [-0.2, -0.15) is 0 Å². The molecule has 0 aliphatic carbocycles. The second-order valence-corrected chi connectivity index (χ2v) is 34.8. The van der Waals surface area contributed by atoms with E-state index < -0.39 is 52.8 Å². The zero-order valence-electron chi connectivity index (χ0n) is 81.1. The lowest BCUT2D eigenvalue weighted by Gasteiger charge is -2.16. The molecule has 0 heterocycles. The number of phenols is 13. The molecular weight excluding hydrogens is 2010 g/mol. The largest absolute Gasteiger partial charge is 0.508 e. The Kier molecular flexibility index (Phi) is 39.8. The topological polar surface area (TPSA) is 450 Å². The van der Waals surface area contributed by atoms with Crippen molar-refractivity contribution in [1.82, 2.24) is 0 Å². The van der Waals surface area contributed by atoms with Gasteiger partial charge in [0.2, 0.25) is 0 Å². The van der Waals surface area contributed by atoms with Crippen LogP contribution in [-0.4, -0.2) is 139 Å². The Morgan fingerprint density at radius 1 is 0.209 bits per heavy atom. The number of carbonyl (C=O) groups is 5. The normalized spacial score (nSPS) is 10.6. The Balaban J connectivity index is 0.000000176. The van der Waals surface area contributed by atoms with Gasteiger partial charge in [-0.15, -0.1) is 0 Å². The molecule has 0 aromatic heterocycles. The molecule has 0 aliphatic heterocycles. The molecule has 15 aromatic carbocycles. The van der Waals surface area contributed by atoms with Crippen molar-refractivity contribution in [3.05, 3.63) is 386 Å². The predicted molar refractivity (Wildman–Crippen MR) is 558 cm³/mol. The summed E-state index contributed by atoms with van der Waals surface area (Å²) >= 11 is 31.1. The standard InChI is InChI=1S/3C23H21ClO6.C23H21ClO5.C22H19ClO6/c2*1-13-3-8-16(9-4-13)30-20-11-15(25)7-5-14(20)6-10-17-21(23(28)29-2)18(26)12-19(27)22(17)24;1-28-19-9-5-6-10-20(19)30-18-8-4-3-7-14(18)11-12-15-21(23(27)29-2)16(25)13-17(26)22(15)24;1-14-6-5-8-16(12-14)29-20-9-4-3-7-15(20)10-11-17-21(23(27)28-2)18(25)13-19(26)22(17)24;1-28-22(27)20-16(21(23)18(26)12-17(20)25)10-8-13-7-9-14(24)11-19(13)29-15-5-3-2-4-6-15/h2*3-5,7-9,11-12,25-27H,6,10H2,1-2H3;3-10,13,25-26H,11-12H2,1-2H3;3-9,12-13,25-26H,10-11H2,1-2H3;2-7,9,11-12,24-26H,8,10H2,1H3. The van der Waals surface area contributed by atoms with E-state index in [4.69, 9.17) is 110 Å². The summed E-state index contributed by atoms with van der Waals surface area (Å²) in [5.74, 6) is -0.897. The van der Waals surface area contributed by atoms with E-state index in [0.29, 0.717) is 107 Å². The number of phenolic OH excluding ortho intramolecular Hbond substituents is 13. The van der Waals surface area contributed by atoms with Gasteiger partial charge >= 0.3 is 29.8 Å². The number of carbonyl (C=O) groups excluding carboxylic acids is 5. The first-order valence-electron chi connectivity index (χ1n) is 45.3. The van der Waals surface area contributed by atoms with E-state index in [2.05, 4.69) is 0 Å². The van der Waals surface area contributed by atoms with E-state index in [9.17, 15) is 90.4 Å². The number of ether oxygens (including phenoxy) is 11. The average Bonchev–Trinajstić information content (AvgIpc) is 0.805. The van der Waals surface area contributed by atoms with Crippen LogP contribution >= 0.6 is 58.0 Å². The molecule has 0 spiro atoms. The molecule has 0 atom stereocenters. The summed E-state index contributed by atoms with van der Waals surface area (Å²) in [6.45, 7) is 5.93. The molecule has 0 radical (unpaired) electrons. The quantitative estimate of drug-likeness (QED) is 0.0142. The molecule has 768 valence electrons. The summed E-state index contributed by atoms with van der Waals surface area (Å²) < 4.78 is 58.8. The van der Waals surface area contributed by atoms with Crippen molar-refractivity contribution >= 4 is 87.9 Å². The number of halogens is 5. The van der Waals surface area contributed by atoms with Crippen LogP contribution in [0, 0.1) is 20.8 Å². The monoisotopic (exact) mass is 2110 g/mol. The van der Waals surface area contributed by atoms with Crippen LogP contribution in [0.15, 0.2) is 261 Å². The zero-order valence-corrected chi connectivity index (χ0v) is 84.9. The lowest BCUT2D eigenvalue weighted by Crippen LogP contribution is -2.08. The van der Waals surface area contributed by atoms with Crippen LogP contribution in [0.4, 0.5) is 0 Å². The van der Waals surface area contributed by atoms with Gasteiger partial charge in [-0.3, -0.25) is 0 Å². The third kappa shape index (κ3) is 29.1. The minimum atomic E-state index is -0.758. The molecule has 34 heteroatoms. The fourth-order valence-electron chi connectivity index (χ4n) is 15.4. The summed E-state index contributed by atoms with van der Waals surface area (Å²) in [6, 6.07) is 73.3. The van der Waals surface area contributed by atoms with Gasteiger partial charge in [-0.05, 0) is 237 Å². The van der Waals surface area contributed by atoms with E-state index in [1.807, 2.05) is 172 Å². The van der Waals surface area contributed by atoms with Crippen LogP contribution in [0.2, 0.25) is 25.1 Å². The first kappa shape index (κ1) is 112. The average molecular weight is 2110 g/mol. The van der Waals surface area contributed by atoms with Gasteiger partial charge in [-0.25, -0.2) is 24.0 Å². The van der Waals surface area contributed by atoms with Crippen molar-refractivity contribution in [3.8, 4) is 138 Å². The summed E-state index contributed by atoms with van der Waals surface area (Å²) in [7, 11) is 7.58. The highest BCUT2D eigenvalue weighted by atomic mass is 35.5. The van der Waals surface area contributed by atoms with Gasteiger partial charge in [0.05, 0.1) is 67.8 Å². The molecule has 0 bridgehead atoms. The van der Waals surface area contributed by atoms with E-state index >= 15 is 0 Å². The zero-order chi connectivity index (χ0) is 107. The maximum absolute atomic E-state index is 12.1. The first-order chi connectivity index (χ1) is 70.8. The molecule has 0 fully saturated rings. The Labute approximate surface area is 876 Å². The molecule has 29 nitrogen and oxygen atoms in total. The van der Waals surface area contributed by atoms with Crippen LogP contribution in [0.3, 0.4) is 0 Å². The second kappa shape index (κ2) is 52.7. The lowest BCUT2D eigenvalue weighted by atomic mass is 9.97. The number of aryl methyl sites for hydroxylation is 8. The smallest absolute Gasteiger partial charge is 0.341 e. The maximum atomic E-state index is 12.1. The van der Waals surface area contributed by atoms with Crippen molar-refractivity contribution < 1.29 is 142 Å². The Hall–Kier alpha value is -16.7. The van der Waals surface area contributed by atoms with E-state index in [1.165, 1.54) is 71.9 Å². The molecule has 15 rings (SSSR count). The fraction of sp³-hybridized carbons (Fsp3) is 0.167. The summed E-state index contributed by atoms with van der Waals surface area (Å²) in [5.41, 5.74) is 8.21. The number of methoxy groups -OCH3 is 6. The SMILES string of the molecule is COC(=O)c1c(O)cc(O)c(Cl)c1CCc1ccc(O)cc1Oc1ccc(C)cc1.COC(=O)c1c(O)cc(O)c(Cl)c1CCc1ccc(O)cc1Oc1ccc(C)cc1.COC(=O)c1c(O)cc(O)c(Cl)c1CCc1ccc(O)cc1Oc1ccccc1.COC(=O)c1c(O)cc(O)c(Cl)c1CCc1ccccc1Oc1cccc(C)c1.COC(=O)c1c(O)cc(O)c(Cl)c1CCc1ccccc1Oc1ccccc1OC. The van der Waals surface area contributed by atoms with Crippen LogP contribution in [0.1, 0.15) is 124 Å². The van der Waals surface area contributed by atoms with Crippen molar-refractivity contribution in [2.45, 2.75) is 85.0 Å². The van der Waals surface area contributed by atoms with Gasteiger partial charge in [0.25, 0.3) is 0 Å². The van der Waals surface area contributed by atoms with E-state index in [1.54, 1.807) is 49.6 Å². The van der Waals surface area contributed by atoms with Gasteiger partial charge in [-0.1, -0.05) is 190 Å². The number of rotatable bonds is 31. The molecule has 0 saturated heterocycles. The number of hydrogen-bond acceptors (Lipinski definition) is 29. The van der Waals surface area contributed by atoms with Crippen molar-refractivity contribution in [2.75, 3.05) is 42.7 Å². The van der Waals surface area contributed by atoms with Gasteiger partial charge in [0.1, 0.15) is 154 Å². The lowest BCUT2D eigenvalue weighted by molar-refractivity contribution is 0.0586. The Bertz CT molecular complexity index is 7110. The number of aromatic hydroxyl groups is 13. The predicted octanol–water partition coefficient (Wildman–Crippen LogP) is 25.6. The van der Waals surface area contributed by atoms with Gasteiger partial charge < -0.3 is 118 Å². The van der Waals surface area contributed by atoms with Crippen LogP contribution < -0.4 is 28.4 Å². The van der Waals surface area contributed by atoms with Crippen LogP contribution in [-0.2, 0) is 87.9 Å². The number of para-hydroxylation sites is 5. The molecule has 0 saturated carbocycles. The fourth-order valence-corrected chi connectivity index (χ4v) is 16.6. The molecule has 13 N–H and O–H groups in total. The number of hydrogen-bond donors (Lipinski definition) is 13. The Morgan fingerprint density at radius 2 is 0.453 bits per heavy atom. The van der Waals surface area contributed by atoms with Crippen molar-refractivity contribution in [1.29, 1.82) is 0 Å². The third-order valence-corrected chi connectivity index (χ3v) is 25.0. The third-order valence-electron chi connectivity index (χ3n) is 22.8. The molecule has 0 unspecified atom stereocenters.